The van der Waals surface area contributed by atoms with Gasteiger partial charge in [-0.1, -0.05) is 80.4 Å². The van der Waals surface area contributed by atoms with Crippen LogP contribution in [0.5, 0.6) is 0 Å². The summed E-state index contributed by atoms with van der Waals surface area (Å²) in [6.45, 7) is 13.4. The lowest BCUT2D eigenvalue weighted by Gasteiger charge is -2.36. The monoisotopic (exact) mass is 507 g/mol. The van der Waals surface area contributed by atoms with E-state index in [1.807, 2.05) is 22.7 Å². The van der Waals surface area contributed by atoms with Crippen LogP contribution in [0.25, 0.3) is 16.8 Å². The summed E-state index contributed by atoms with van der Waals surface area (Å²) in [6, 6.07) is 18.6. The number of fused-ring (bicyclic) bond motifs is 1. The number of aromatic nitrogens is 3. The first-order valence-electron chi connectivity index (χ1n) is 12.1. The Morgan fingerprint density at radius 3 is 2.26 bits per heavy atom. The lowest BCUT2D eigenvalue weighted by Crippen LogP contribution is -2.46. The number of hydrogen-bond donors (Lipinski definition) is 0. The van der Waals surface area contributed by atoms with Gasteiger partial charge in [0, 0.05) is 49.8 Å². The predicted octanol–water partition coefficient (Wildman–Crippen LogP) is 6.63. The summed E-state index contributed by atoms with van der Waals surface area (Å²) in [5.74, 6) is 1.11. The van der Waals surface area contributed by atoms with Crippen molar-refractivity contribution in [1.29, 1.82) is 0 Å². The Bertz CT molecular complexity index is 1350. The second kappa shape index (κ2) is 9.45. The Morgan fingerprint density at radius 2 is 1.60 bits per heavy atom. The number of benzene rings is 2. The highest BCUT2D eigenvalue weighted by Gasteiger charge is 2.26. The van der Waals surface area contributed by atoms with E-state index in [1.54, 1.807) is 0 Å². The van der Waals surface area contributed by atoms with Crippen LogP contribution in [-0.4, -0.2) is 45.7 Å². The van der Waals surface area contributed by atoms with Gasteiger partial charge in [0.15, 0.2) is 5.65 Å². The fourth-order valence-electron chi connectivity index (χ4n) is 4.69. The Morgan fingerprint density at radius 1 is 0.886 bits per heavy atom. The maximum absolute atomic E-state index is 6.23. The minimum atomic E-state index is -0.0711. The average Bonchev–Trinajstić information content (AvgIpc) is 3.17. The first-order valence-corrected chi connectivity index (χ1v) is 12.8. The van der Waals surface area contributed by atoms with Crippen molar-refractivity contribution in [3.63, 3.8) is 0 Å². The van der Waals surface area contributed by atoms with Crippen molar-refractivity contribution in [2.24, 2.45) is 0 Å². The van der Waals surface area contributed by atoms with Crippen LogP contribution in [-0.2, 0) is 12.0 Å². The van der Waals surface area contributed by atoms with Gasteiger partial charge in [-0.3, -0.25) is 4.90 Å². The summed E-state index contributed by atoms with van der Waals surface area (Å²) in [5.41, 5.74) is 6.37. The van der Waals surface area contributed by atoms with E-state index in [2.05, 4.69) is 73.9 Å². The molecule has 0 unspecified atom stereocenters. The molecular formula is C28H31Cl2N5. The average molecular weight is 508 g/mol. The second-order valence-electron chi connectivity index (χ2n) is 10.3. The molecule has 5 rings (SSSR count). The lowest BCUT2D eigenvalue weighted by molar-refractivity contribution is 0.249. The quantitative estimate of drug-likeness (QED) is 0.310. The third-order valence-corrected chi connectivity index (χ3v) is 7.40. The van der Waals surface area contributed by atoms with Gasteiger partial charge < -0.3 is 4.90 Å². The van der Waals surface area contributed by atoms with Gasteiger partial charge in [0.2, 0.25) is 0 Å². The van der Waals surface area contributed by atoms with Gasteiger partial charge in [0.25, 0.3) is 0 Å². The maximum atomic E-state index is 6.23. The Hall–Kier alpha value is -2.60. The van der Waals surface area contributed by atoms with Gasteiger partial charge in [0.1, 0.15) is 5.82 Å². The van der Waals surface area contributed by atoms with Gasteiger partial charge in [-0.15, -0.1) is 0 Å². The van der Waals surface area contributed by atoms with E-state index in [-0.39, 0.29) is 5.41 Å². The number of rotatable bonds is 4. The molecule has 2 aromatic carbocycles. The van der Waals surface area contributed by atoms with E-state index < -0.39 is 0 Å². The zero-order chi connectivity index (χ0) is 24.7. The van der Waals surface area contributed by atoms with E-state index >= 15 is 0 Å². The first-order chi connectivity index (χ1) is 16.7. The van der Waals surface area contributed by atoms with Gasteiger partial charge >= 0.3 is 0 Å². The molecule has 0 radical (unpaired) electrons. The molecule has 0 amide bonds. The van der Waals surface area contributed by atoms with Crippen molar-refractivity contribution in [2.45, 2.75) is 39.7 Å². The molecule has 5 nitrogen and oxygen atoms in total. The molecule has 1 saturated heterocycles. The molecule has 1 fully saturated rings. The largest absolute Gasteiger partial charge is 0.354 e. The zero-order valence-electron chi connectivity index (χ0n) is 20.7. The summed E-state index contributed by atoms with van der Waals surface area (Å²) >= 11 is 12.3. The number of anilines is 1. The maximum Gasteiger partial charge on any atom is 0.165 e. The predicted molar refractivity (Wildman–Crippen MR) is 146 cm³/mol. The van der Waals surface area contributed by atoms with Crippen LogP contribution in [0.2, 0.25) is 10.0 Å². The highest BCUT2D eigenvalue weighted by Crippen LogP contribution is 2.33. The molecule has 4 aromatic rings. The molecular weight excluding hydrogens is 477 g/mol. The molecule has 182 valence electrons. The van der Waals surface area contributed by atoms with Gasteiger partial charge in [0.05, 0.1) is 21.4 Å². The van der Waals surface area contributed by atoms with Crippen LogP contribution in [0.1, 0.15) is 37.7 Å². The third kappa shape index (κ3) is 4.90. The number of nitrogens with zero attached hydrogens (tertiary/aromatic N) is 5. The minimum absolute atomic E-state index is 0.0711. The smallest absolute Gasteiger partial charge is 0.165 e. The van der Waals surface area contributed by atoms with Crippen LogP contribution >= 0.6 is 23.2 Å². The minimum Gasteiger partial charge on any atom is -0.354 e. The van der Waals surface area contributed by atoms with Gasteiger partial charge in [-0.2, -0.15) is 9.61 Å². The van der Waals surface area contributed by atoms with Crippen LogP contribution in [0.15, 0.2) is 54.6 Å². The Kier molecular flexibility index (Phi) is 6.51. The highest BCUT2D eigenvalue weighted by atomic mass is 35.5. The molecule has 0 spiro atoms. The summed E-state index contributed by atoms with van der Waals surface area (Å²) in [7, 11) is 0. The fraction of sp³-hybridized carbons (Fsp3) is 0.357. The Balaban J connectivity index is 1.46. The molecule has 1 aliphatic heterocycles. The molecule has 3 heterocycles. The van der Waals surface area contributed by atoms with Crippen molar-refractivity contribution >= 4 is 34.7 Å². The summed E-state index contributed by atoms with van der Waals surface area (Å²) < 4.78 is 2.04. The number of halogens is 2. The van der Waals surface area contributed by atoms with E-state index in [4.69, 9.17) is 33.3 Å². The number of aryl methyl sites for hydroxylation is 1. The van der Waals surface area contributed by atoms with E-state index in [9.17, 15) is 0 Å². The van der Waals surface area contributed by atoms with Crippen molar-refractivity contribution in [3.05, 3.63) is 81.6 Å². The Labute approximate surface area is 217 Å². The lowest BCUT2D eigenvalue weighted by atomic mass is 9.91. The topological polar surface area (TPSA) is 36.7 Å². The van der Waals surface area contributed by atoms with Crippen molar-refractivity contribution in [3.8, 4) is 11.1 Å². The summed E-state index contributed by atoms with van der Waals surface area (Å²) in [4.78, 5) is 10.0. The van der Waals surface area contributed by atoms with E-state index in [0.717, 1.165) is 66.7 Å². The second-order valence-corrected chi connectivity index (χ2v) is 11.1. The summed E-state index contributed by atoms with van der Waals surface area (Å²) in [6.07, 6.45) is 0. The number of piperazine rings is 1. The SMILES string of the molecule is Cc1nn2c(N3CCN(Cc4ccc(Cl)c(Cl)c4)CC3)cc(C(C)(C)C)nc2c1-c1ccccc1. The normalized spacial score (nSPS) is 15.2. The van der Waals surface area contributed by atoms with Crippen molar-refractivity contribution < 1.29 is 0 Å². The van der Waals surface area contributed by atoms with E-state index in [0.29, 0.717) is 10.0 Å². The van der Waals surface area contributed by atoms with Crippen LogP contribution < -0.4 is 4.90 Å². The van der Waals surface area contributed by atoms with Crippen LogP contribution in [0.4, 0.5) is 5.82 Å². The molecule has 1 aliphatic rings. The molecule has 0 aliphatic carbocycles. The molecule has 0 N–H and O–H groups in total. The van der Waals surface area contributed by atoms with Gasteiger partial charge in [-0.05, 0) is 30.2 Å². The number of hydrogen-bond acceptors (Lipinski definition) is 4. The zero-order valence-corrected chi connectivity index (χ0v) is 22.2. The van der Waals surface area contributed by atoms with Crippen molar-refractivity contribution in [2.75, 3.05) is 31.1 Å². The third-order valence-electron chi connectivity index (χ3n) is 6.66. The molecule has 2 aromatic heterocycles. The summed E-state index contributed by atoms with van der Waals surface area (Å²) in [5, 5.41) is 6.17. The van der Waals surface area contributed by atoms with E-state index in [1.165, 1.54) is 5.56 Å². The van der Waals surface area contributed by atoms with Crippen molar-refractivity contribution in [1.82, 2.24) is 19.5 Å². The first kappa shape index (κ1) is 24.1. The standard InChI is InChI=1S/C28H31Cl2N5/c1-19-26(21-8-6-5-7-9-21)27-31-24(28(2,3)4)17-25(35(27)32-19)34-14-12-33(13-15-34)18-20-10-11-22(29)23(30)16-20/h5-11,16-17H,12-15,18H2,1-4H3. The molecule has 7 heteroatoms. The van der Waals surface area contributed by atoms with Crippen LogP contribution in [0, 0.1) is 6.92 Å². The fourth-order valence-corrected chi connectivity index (χ4v) is 5.01. The molecule has 0 atom stereocenters. The van der Waals surface area contributed by atoms with Crippen LogP contribution in [0.3, 0.4) is 0 Å². The molecule has 35 heavy (non-hydrogen) atoms. The molecule has 0 saturated carbocycles. The van der Waals surface area contributed by atoms with Gasteiger partial charge in [-0.25, -0.2) is 4.98 Å². The highest BCUT2D eigenvalue weighted by molar-refractivity contribution is 6.42. The molecule has 0 bridgehead atoms.